The van der Waals surface area contributed by atoms with Crippen molar-refractivity contribution in [1.82, 2.24) is 9.78 Å². The van der Waals surface area contributed by atoms with Gasteiger partial charge < -0.3 is 5.73 Å². The molecule has 0 saturated heterocycles. The van der Waals surface area contributed by atoms with Crippen LogP contribution in [0.25, 0.3) is 5.69 Å². The van der Waals surface area contributed by atoms with E-state index < -0.39 is 0 Å². The van der Waals surface area contributed by atoms with Crippen molar-refractivity contribution in [2.24, 2.45) is 0 Å². The van der Waals surface area contributed by atoms with Crippen molar-refractivity contribution in [2.45, 2.75) is 0 Å². The molecule has 0 aliphatic carbocycles. The van der Waals surface area contributed by atoms with Crippen molar-refractivity contribution in [3.8, 4) is 5.69 Å². The molecule has 0 aliphatic rings. The zero-order valence-corrected chi connectivity index (χ0v) is 12.1. The molecule has 2 aromatic carbocycles. The number of benzene rings is 2. The fourth-order valence-corrected chi connectivity index (χ4v) is 2.20. The molecule has 0 spiro atoms. The van der Waals surface area contributed by atoms with Crippen LogP contribution in [-0.2, 0) is 0 Å². The normalized spacial score (nSPS) is 10.6. The van der Waals surface area contributed by atoms with Gasteiger partial charge in [-0.25, -0.2) is 9.07 Å². The van der Waals surface area contributed by atoms with Crippen LogP contribution in [0.3, 0.4) is 0 Å². The average Bonchev–Trinajstić information content (AvgIpc) is 2.90. The highest BCUT2D eigenvalue weighted by molar-refractivity contribution is 6.30. The van der Waals surface area contributed by atoms with Crippen molar-refractivity contribution >= 4 is 23.2 Å². The van der Waals surface area contributed by atoms with Gasteiger partial charge in [-0.3, -0.25) is 4.79 Å². The van der Waals surface area contributed by atoms with Crippen molar-refractivity contribution < 1.29 is 9.18 Å². The summed E-state index contributed by atoms with van der Waals surface area (Å²) in [6.45, 7) is 0. The fourth-order valence-electron chi connectivity index (χ4n) is 2.08. The Kier molecular flexibility index (Phi) is 3.65. The SMILES string of the molecule is Nc1c(C(=O)c2ccc(Cl)cc2)cnn1-c1ccc(F)cc1. The molecule has 0 bridgehead atoms. The van der Waals surface area contributed by atoms with E-state index in [0.29, 0.717) is 16.3 Å². The third-order valence-corrected chi connectivity index (χ3v) is 3.48. The summed E-state index contributed by atoms with van der Waals surface area (Å²) in [5, 5.41) is 4.65. The van der Waals surface area contributed by atoms with Gasteiger partial charge in [-0.2, -0.15) is 5.10 Å². The lowest BCUT2D eigenvalue weighted by Gasteiger charge is -2.05. The highest BCUT2D eigenvalue weighted by Gasteiger charge is 2.17. The Morgan fingerprint density at radius 2 is 1.73 bits per heavy atom. The van der Waals surface area contributed by atoms with Crippen LogP contribution in [0.15, 0.2) is 54.7 Å². The number of hydrogen-bond acceptors (Lipinski definition) is 3. The minimum absolute atomic E-state index is 0.201. The van der Waals surface area contributed by atoms with Crippen LogP contribution in [0, 0.1) is 5.82 Å². The number of rotatable bonds is 3. The second kappa shape index (κ2) is 5.61. The van der Waals surface area contributed by atoms with E-state index in [1.807, 2.05) is 0 Å². The Labute approximate surface area is 130 Å². The van der Waals surface area contributed by atoms with Crippen molar-refractivity contribution in [2.75, 3.05) is 5.73 Å². The highest BCUT2D eigenvalue weighted by atomic mass is 35.5. The molecule has 0 radical (unpaired) electrons. The molecule has 3 rings (SSSR count). The van der Waals surface area contributed by atoms with Gasteiger partial charge in [-0.1, -0.05) is 11.6 Å². The molecular weight excluding hydrogens is 305 g/mol. The smallest absolute Gasteiger partial charge is 0.198 e. The van der Waals surface area contributed by atoms with E-state index in [2.05, 4.69) is 5.10 Å². The Hall–Kier alpha value is -2.66. The van der Waals surface area contributed by atoms with E-state index in [0.717, 1.165) is 0 Å². The number of aromatic nitrogens is 2. The average molecular weight is 316 g/mol. The molecule has 6 heteroatoms. The van der Waals surface area contributed by atoms with Crippen LogP contribution >= 0.6 is 11.6 Å². The fraction of sp³-hybridized carbons (Fsp3) is 0. The molecule has 3 aromatic rings. The van der Waals surface area contributed by atoms with Crippen molar-refractivity contribution in [1.29, 1.82) is 0 Å². The summed E-state index contributed by atoms with van der Waals surface area (Å²) < 4.78 is 14.4. The van der Waals surface area contributed by atoms with E-state index in [-0.39, 0.29) is 23.0 Å². The Bertz CT molecular complexity index is 826. The monoisotopic (exact) mass is 315 g/mol. The topological polar surface area (TPSA) is 60.9 Å². The lowest BCUT2D eigenvalue weighted by Crippen LogP contribution is -2.07. The van der Waals surface area contributed by atoms with Crippen molar-refractivity contribution in [3.05, 3.63) is 76.7 Å². The molecule has 0 atom stereocenters. The number of hydrogen-bond donors (Lipinski definition) is 1. The van der Waals surface area contributed by atoms with E-state index in [9.17, 15) is 9.18 Å². The maximum Gasteiger partial charge on any atom is 0.198 e. The third-order valence-electron chi connectivity index (χ3n) is 3.23. The van der Waals surface area contributed by atoms with Gasteiger partial charge in [0.1, 0.15) is 11.6 Å². The van der Waals surface area contributed by atoms with Gasteiger partial charge in [-0.15, -0.1) is 0 Å². The summed E-state index contributed by atoms with van der Waals surface area (Å²) in [6, 6.07) is 12.2. The second-order valence-corrected chi connectivity index (χ2v) is 5.10. The molecule has 2 N–H and O–H groups in total. The van der Waals surface area contributed by atoms with Crippen LogP contribution in [0.1, 0.15) is 15.9 Å². The third kappa shape index (κ3) is 2.58. The maximum atomic E-state index is 13.0. The summed E-state index contributed by atoms with van der Waals surface area (Å²) in [5.74, 6) is -0.402. The highest BCUT2D eigenvalue weighted by Crippen LogP contribution is 2.21. The first-order chi connectivity index (χ1) is 10.6. The lowest BCUT2D eigenvalue weighted by atomic mass is 10.1. The molecular formula is C16H11ClFN3O. The minimum Gasteiger partial charge on any atom is -0.383 e. The number of anilines is 1. The van der Waals surface area contributed by atoms with Crippen LogP contribution in [0.4, 0.5) is 10.2 Å². The van der Waals surface area contributed by atoms with Gasteiger partial charge in [0.25, 0.3) is 0 Å². The maximum absolute atomic E-state index is 13.0. The molecule has 0 saturated carbocycles. The van der Waals surface area contributed by atoms with E-state index >= 15 is 0 Å². The molecule has 1 heterocycles. The van der Waals surface area contributed by atoms with Crippen LogP contribution in [-0.4, -0.2) is 15.6 Å². The zero-order chi connectivity index (χ0) is 15.7. The first-order valence-electron chi connectivity index (χ1n) is 6.46. The number of halogens is 2. The van der Waals surface area contributed by atoms with E-state index in [1.54, 1.807) is 24.3 Å². The second-order valence-electron chi connectivity index (χ2n) is 4.67. The van der Waals surface area contributed by atoms with Gasteiger partial charge in [0.15, 0.2) is 5.78 Å². The molecule has 0 fully saturated rings. The lowest BCUT2D eigenvalue weighted by molar-refractivity contribution is 0.103. The molecule has 1 aromatic heterocycles. The number of ketones is 1. The zero-order valence-electron chi connectivity index (χ0n) is 11.3. The summed E-state index contributed by atoms with van der Waals surface area (Å²) in [7, 11) is 0. The summed E-state index contributed by atoms with van der Waals surface area (Å²) in [5.41, 5.74) is 7.33. The van der Waals surface area contributed by atoms with Gasteiger partial charge >= 0.3 is 0 Å². The molecule has 0 amide bonds. The van der Waals surface area contributed by atoms with Crippen molar-refractivity contribution in [3.63, 3.8) is 0 Å². The Balaban J connectivity index is 1.98. The van der Waals surface area contributed by atoms with Crippen LogP contribution in [0.5, 0.6) is 0 Å². The van der Waals surface area contributed by atoms with Crippen LogP contribution < -0.4 is 5.73 Å². The molecule has 110 valence electrons. The quantitative estimate of drug-likeness (QED) is 0.753. The standard InChI is InChI=1S/C16H11ClFN3O/c17-11-3-1-10(2-4-11)15(22)14-9-20-21(16(14)19)13-7-5-12(18)6-8-13/h1-9H,19H2. The summed E-state index contributed by atoms with van der Waals surface area (Å²) in [4.78, 5) is 12.4. The largest absolute Gasteiger partial charge is 0.383 e. The Morgan fingerprint density at radius 3 is 2.36 bits per heavy atom. The van der Waals surface area contributed by atoms with Gasteiger partial charge in [-0.05, 0) is 48.5 Å². The number of carbonyl (C=O) groups is 1. The number of carbonyl (C=O) groups excluding carboxylic acids is 1. The van der Waals surface area contributed by atoms with E-state index in [1.165, 1.54) is 35.1 Å². The Morgan fingerprint density at radius 1 is 1.09 bits per heavy atom. The molecule has 0 unspecified atom stereocenters. The first-order valence-corrected chi connectivity index (χ1v) is 6.84. The molecule has 22 heavy (non-hydrogen) atoms. The number of nitrogen functional groups attached to an aromatic ring is 1. The predicted octanol–water partition coefficient (Wildman–Crippen LogP) is 3.48. The molecule has 4 nitrogen and oxygen atoms in total. The number of nitrogens with zero attached hydrogens (tertiary/aromatic N) is 2. The van der Waals surface area contributed by atoms with Gasteiger partial charge in [0.05, 0.1) is 17.4 Å². The van der Waals surface area contributed by atoms with Gasteiger partial charge in [0, 0.05) is 10.6 Å². The first kappa shape index (κ1) is 14.3. The minimum atomic E-state index is -0.355. The number of nitrogens with two attached hydrogens (primary N) is 1. The van der Waals surface area contributed by atoms with Gasteiger partial charge in [0.2, 0.25) is 0 Å². The predicted molar refractivity (Wildman–Crippen MR) is 82.8 cm³/mol. The van der Waals surface area contributed by atoms with E-state index in [4.69, 9.17) is 17.3 Å². The summed E-state index contributed by atoms with van der Waals surface area (Å²) >= 11 is 5.81. The van der Waals surface area contributed by atoms with Crippen LogP contribution in [0.2, 0.25) is 5.02 Å². The summed E-state index contributed by atoms with van der Waals surface area (Å²) in [6.07, 6.45) is 1.40. The molecule has 0 aliphatic heterocycles.